The van der Waals surface area contributed by atoms with Gasteiger partial charge in [-0.15, -0.1) is 0 Å². The van der Waals surface area contributed by atoms with E-state index in [0.717, 1.165) is 12.1 Å². The van der Waals surface area contributed by atoms with Gasteiger partial charge in [0.1, 0.15) is 17.4 Å². The average Bonchev–Trinajstić information content (AvgIpc) is 2.54. The fraction of sp³-hybridized carbons (Fsp3) is 0.278. The number of halogens is 4. The highest BCUT2D eigenvalue weighted by molar-refractivity contribution is 5.92. The van der Waals surface area contributed by atoms with Crippen molar-refractivity contribution < 1.29 is 27.1 Å². The third-order valence-corrected chi connectivity index (χ3v) is 3.64. The first-order chi connectivity index (χ1) is 12.3. The minimum Gasteiger partial charge on any atom is -0.433 e. The molecule has 0 aliphatic carbocycles. The molecule has 1 atom stereocenters. The molecule has 0 saturated heterocycles. The van der Waals surface area contributed by atoms with Crippen LogP contribution in [0.25, 0.3) is 0 Å². The summed E-state index contributed by atoms with van der Waals surface area (Å²) >= 11 is 0. The normalized spacial score (nSPS) is 12.0. The molecular weight excluding hydrogens is 352 g/mol. The van der Waals surface area contributed by atoms with E-state index in [0.29, 0.717) is 5.56 Å². The molecule has 0 fully saturated rings. The van der Waals surface area contributed by atoms with Crippen LogP contribution in [0.1, 0.15) is 18.1 Å². The number of benzene rings is 2. The van der Waals surface area contributed by atoms with Gasteiger partial charge in [-0.1, -0.05) is 18.2 Å². The summed E-state index contributed by atoms with van der Waals surface area (Å²) in [5.41, 5.74) is 0.471. The predicted molar refractivity (Wildman–Crippen MR) is 89.5 cm³/mol. The van der Waals surface area contributed by atoms with Crippen molar-refractivity contribution in [2.24, 2.45) is 0 Å². The maximum Gasteiger partial charge on any atom is 0.387 e. The van der Waals surface area contributed by atoms with E-state index in [9.17, 15) is 22.4 Å². The van der Waals surface area contributed by atoms with Crippen LogP contribution < -0.4 is 15.4 Å². The van der Waals surface area contributed by atoms with E-state index in [4.69, 9.17) is 0 Å². The monoisotopic (exact) mass is 370 g/mol. The van der Waals surface area contributed by atoms with Crippen LogP contribution in [0.4, 0.5) is 28.0 Å². The fourth-order valence-corrected chi connectivity index (χ4v) is 2.45. The number of hydrogen-bond acceptors (Lipinski definition) is 2. The Bertz CT molecular complexity index is 764. The zero-order chi connectivity index (χ0) is 19.3. The molecule has 4 nitrogen and oxygen atoms in total. The van der Waals surface area contributed by atoms with Crippen LogP contribution in [0.5, 0.6) is 5.75 Å². The number of carbonyl (C=O) groups excluding carboxylic acids is 1. The maximum atomic E-state index is 13.7. The summed E-state index contributed by atoms with van der Waals surface area (Å²) in [5, 5.41) is 4.95. The van der Waals surface area contributed by atoms with Crippen molar-refractivity contribution in [3.63, 3.8) is 0 Å². The van der Waals surface area contributed by atoms with Gasteiger partial charge < -0.3 is 15.4 Å². The molecule has 1 unspecified atom stereocenters. The highest BCUT2D eigenvalue weighted by Gasteiger charge is 2.17. The smallest absolute Gasteiger partial charge is 0.387 e. The largest absolute Gasteiger partial charge is 0.433 e. The van der Waals surface area contributed by atoms with Gasteiger partial charge >= 0.3 is 12.6 Å². The van der Waals surface area contributed by atoms with Gasteiger partial charge in [-0.25, -0.2) is 13.6 Å². The number of hydrogen-bond donors (Lipinski definition) is 2. The Kier molecular flexibility index (Phi) is 6.43. The Morgan fingerprint density at radius 2 is 1.73 bits per heavy atom. The molecule has 2 aromatic rings. The van der Waals surface area contributed by atoms with Gasteiger partial charge in [-0.3, -0.25) is 0 Å². The number of ether oxygens (including phenoxy) is 1. The summed E-state index contributed by atoms with van der Waals surface area (Å²) in [6.07, 6.45) is -0.0694. The highest BCUT2D eigenvalue weighted by Crippen LogP contribution is 2.29. The number of carbonyl (C=O) groups is 1. The molecule has 0 saturated carbocycles. The van der Waals surface area contributed by atoms with Crippen molar-refractivity contribution in [1.29, 1.82) is 0 Å². The van der Waals surface area contributed by atoms with E-state index in [1.807, 2.05) is 0 Å². The molecule has 0 aliphatic rings. The van der Waals surface area contributed by atoms with Crippen molar-refractivity contribution in [1.82, 2.24) is 5.32 Å². The third-order valence-electron chi connectivity index (χ3n) is 3.64. The van der Waals surface area contributed by atoms with Crippen molar-refractivity contribution in [2.45, 2.75) is 32.9 Å². The summed E-state index contributed by atoms with van der Waals surface area (Å²) < 4.78 is 56.7. The van der Waals surface area contributed by atoms with E-state index in [-0.39, 0.29) is 23.4 Å². The van der Waals surface area contributed by atoms with Crippen LogP contribution in [0.15, 0.2) is 36.4 Å². The van der Waals surface area contributed by atoms with Crippen molar-refractivity contribution in [3.8, 4) is 5.75 Å². The highest BCUT2D eigenvalue weighted by atomic mass is 19.3. The van der Waals surface area contributed by atoms with Gasteiger partial charge in [0, 0.05) is 11.6 Å². The Labute approximate surface area is 148 Å². The second-order valence-corrected chi connectivity index (χ2v) is 5.73. The number of aryl methyl sites for hydroxylation is 1. The first-order valence-electron chi connectivity index (χ1n) is 7.82. The molecule has 0 spiro atoms. The summed E-state index contributed by atoms with van der Waals surface area (Å²) in [5.74, 6) is -1.58. The molecule has 140 valence electrons. The SMILES string of the molecule is Cc1cccc(OC(F)F)c1NC(=O)NC(C)Cc1c(F)cccc1F. The Balaban J connectivity index is 2.05. The molecule has 2 amide bonds. The van der Waals surface area contributed by atoms with Crippen molar-refractivity contribution in [3.05, 3.63) is 59.2 Å². The zero-order valence-corrected chi connectivity index (χ0v) is 14.2. The zero-order valence-electron chi connectivity index (χ0n) is 14.2. The average molecular weight is 370 g/mol. The molecule has 0 aromatic heterocycles. The van der Waals surface area contributed by atoms with Gasteiger partial charge in [-0.05, 0) is 44.0 Å². The molecule has 2 N–H and O–H groups in total. The Morgan fingerprint density at radius 1 is 1.12 bits per heavy atom. The van der Waals surface area contributed by atoms with Crippen LogP contribution in [0.3, 0.4) is 0 Å². The van der Waals surface area contributed by atoms with Gasteiger partial charge in [0.05, 0.1) is 5.69 Å². The van der Waals surface area contributed by atoms with Crippen molar-refractivity contribution >= 4 is 11.7 Å². The number of nitrogens with one attached hydrogen (secondary N) is 2. The minimum absolute atomic E-state index is 0.0694. The molecule has 0 heterocycles. The molecule has 2 aromatic carbocycles. The standard InChI is InChI=1S/C18H18F4N2O2/c1-10-5-3-8-15(26-17(21)22)16(10)24-18(25)23-11(2)9-12-13(19)6-4-7-14(12)20/h3-8,11,17H,9H2,1-2H3,(H2,23,24,25). The molecule has 0 bridgehead atoms. The topological polar surface area (TPSA) is 50.4 Å². The first-order valence-corrected chi connectivity index (χ1v) is 7.82. The first kappa shape index (κ1) is 19.6. The molecule has 2 rings (SSSR count). The lowest BCUT2D eigenvalue weighted by Crippen LogP contribution is -2.38. The lowest BCUT2D eigenvalue weighted by molar-refractivity contribution is -0.0493. The number of rotatable bonds is 6. The summed E-state index contributed by atoms with van der Waals surface area (Å²) in [7, 11) is 0. The van der Waals surface area contributed by atoms with Gasteiger partial charge in [0.2, 0.25) is 0 Å². The minimum atomic E-state index is -3.04. The molecule has 0 radical (unpaired) electrons. The van der Waals surface area contributed by atoms with E-state index >= 15 is 0 Å². The maximum absolute atomic E-state index is 13.7. The number of amides is 2. The number of para-hydroxylation sites is 1. The summed E-state index contributed by atoms with van der Waals surface area (Å²) in [6.45, 7) is 0.148. The predicted octanol–water partition coefficient (Wildman–Crippen LogP) is 4.63. The van der Waals surface area contributed by atoms with Gasteiger partial charge in [-0.2, -0.15) is 8.78 Å². The fourth-order valence-electron chi connectivity index (χ4n) is 2.45. The number of alkyl halides is 2. The van der Waals surface area contributed by atoms with E-state index in [1.165, 1.54) is 18.2 Å². The van der Waals surface area contributed by atoms with Gasteiger partial charge in [0.25, 0.3) is 0 Å². The van der Waals surface area contributed by atoms with Crippen molar-refractivity contribution in [2.75, 3.05) is 5.32 Å². The third kappa shape index (κ3) is 5.11. The lowest BCUT2D eigenvalue weighted by Gasteiger charge is -2.18. The van der Waals surface area contributed by atoms with E-state index < -0.39 is 30.3 Å². The number of urea groups is 1. The lowest BCUT2D eigenvalue weighted by atomic mass is 10.1. The second kappa shape index (κ2) is 8.55. The Hall–Kier alpha value is -2.77. The quantitative estimate of drug-likeness (QED) is 0.729. The van der Waals surface area contributed by atoms with E-state index in [1.54, 1.807) is 19.9 Å². The van der Waals surface area contributed by atoms with Gasteiger partial charge in [0.15, 0.2) is 0 Å². The van der Waals surface area contributed by atoms with Crippen LogP contribution >= 0.6 is 0 Å². The van der Waals surface area contributed by atoms with Crippen LogP contribution in [-0.2, 0) is 6.42 Å². The number of anilines is 1. The molecule has 8 heteroatoms. The second-order valence-electron chi connectivity index (χ2n) is 5.73. The molecule has 0 aliphatic heterocycles. The summed E-state index contributed by atoms with van der Waals surface area (Å²) in [6, 6.07) is 6.63. The van der Waals surface area contributed by atoms with Crippen LogP contribution in [-0.4, -0.2) is 18.7 Å². The Morgan fingerprint density at radius 3 is 2.35 bits per heavy atom. The van der Waals surface area contributed by atoms with E-state index in [2.05, 4.69) is 15.4 Å². The summed E-state index contributed by atoms with van der Waals surface area (Å²) in [4.78, 5) is 12.1. The molecule has 26 heavy (non-hydrogen) atoms. The van der Waals surface area contributed by atoms with Crippen LogP contribution in [0.2, 0.25) is 0 Å². The van der Waals surface area contributed by atoms with Crippen LogP contribution in [0, 0.1) is 18.6 Å². The molecular formula is C18H18F4N2O2.